The molecule has 6 heteroatoms. The predicted octanol–water partition coefficient (Wildman–Crippen LogP) is 3.40. The third kappa shape index (κ3) is 3.86. The zero-order valence-electron chi connectivity index (χ0n) is 13.6. The fourth-order valence-corrected chi connectivity index (χ4v) is 4.10. The van der Waals surface area contributed by atoms with Crippen molar-refractivity contribution in [1.29, 1.82) is 0 Å². The lowest BCUT2D eigenvalue weighted by Crippen LogP contribution is -2.52. The van der Waals surface area contributed by atoms with E-state index in [1.165, 1.54) is 0 Å². The molecule has 3 rings (SSSR count). The van der Waals surface area contributed by atoms with Crippen LogP contribution in [0.3, 0.4) is 0 Å². The fraction of sp³-hybridized carbons (Fsp3) is 0.556. The highest BCUT2D eigenvalue weighted by Crippen LogP contribution is 2.27. The predicted molar refractivity (Wildman–Crippen MR) is 95.3 cm³/mol. The van der Waals surface area contributed by atoms with E-state index in [4.69, 9.17) is 23.2 Å². The molecule has 4 nitrogen and oxygen atoms in total. The van der Waals surface area contributed by atoms with Crippen LogP contribution in [0.2, 0.25) is 10.0 Å². The zero-order chi connectivity index (χ0) is 17.1. The number of hydrogen-bond acceptors (Lipinski definition) is 2. The number of amides is 2. The van der Waals surface area contributed by atoms with Crippen LogP contribution in [0.1, 0.15) is 31.2 Å². The van der Waals surface area contributed by atoms with Crippen LogP contribution in [0.25, 0.3) is 0 Å². The summed E-state index contributed by atoms with van der Waals surface area (Å²) in [5, 5.41) is 1.04. The van der Waals surface area contributed by atoms with Gasteiger partial charge in [0.2, 0.25) is 11.8 Å². The number of nitrogens with zero attached hydrogens (tertiary/aromatic N) is 2. The minimum Gasteiger partial charge on any atom is -0.339 e. The summed E-state index contributed by atoms with van der Waals surface area (Å²) in [6, 6.07) is 5.26. The third-order valence-electron chi connectivity index (χ3n) is 5.04. The molecule has 1 aromatic rings. The van der Waals surface area contributed by atoms with Crippen molar-refractivity contribution in [2.24, 2.45) is 5.92 Å². The molecule has 1 saturated carbocycles. The molecule has 1 saturated heterocycles. The highest BCUT2D eigenvalue weighted by Gasteiger charge is 2.30. The van der Waals surface area contributed by atoms with Gasteiger partial charge in [-0.15, -0.1) is 0 Å². The Morgan fingerprint density at radius 1 is 0.958 bits per heavy atom. The van der Waals surface area contributed by atoms with E-state index in [0.717, 1.165) is 25.7 Å². The van der Waals surface area contributed by atoms with E-state index in [1.54, 1.807) is 23.1 Å². The average molecular weight is 369 g/mol. The molecule has 0 radical (unpaired) electrons. The summed E-state index contributed by atoms with van der Waals surface area (Å²) in [5.41, 5.74) is 0.676. The lowest BCUT2D eigenvalue weighted by Gasteiger charge is -2.36. The number of hydrogen-bond donors (Lipinski definition) is 0. The maximum Gasteiger partial charge on any atom is 0.227 e. The van der Waals surface area contributed by atoms with Crippen molar-refractivity contribution in [3.63, 3.8) is 0 Å². The molecule has 0 bridgehead atoms. The molecule has 1 aliphatic carbocycles. The second-order valence-electron chi connectivity index (χ2n) is 6.56. The van der Waals surface area contributed by atoms with Crippen LogP contribution in [0.15, 0.2) is 18.2 Å². The van der Waals surface area contributed by atoms with Gasteiger partial charge < -0.3 is 9.80 Å². The first-order chi connectivity index (χ1) is 11.6. The van der Waals surface area contributed by atoms with Gasteiger partial charge in [-0.05, 0) is 30.5 Å². The van der Waals surface area contributed by atoms with Crippen LogP contribution < -0.4 is 0 Å². The van der Waals surface area contributed by atoms with E-state index in [2.05, 4.69) is 0 Å². The quantitative estimate of drug-likeness (QED) is 0.820. The number of benzene rings is 1. The molecule has 24 heavy (non-hydrogen) atoms. The zero-order valence-corrected chi connectivity index (χ0v) is 15.2. The number of halogens is 2. The molecule has 1 aromatic carbocycles. The largest absolute Gasteiger partial charge is 0.339 e. The molecule has 0 unspecified atom stereocenters. The van der Waals surface area contributed by atoms with Crippen LogP contribution in [-0.4, -0.2) is 47.8 Å². The van der Waals surface area contributed by atoms with E-state index in [1.807, 2.05) is 4.90 Å². The summed E-state index contributed by atoms with van der Waals surface area (Å²) in [6.45, 7) is 2.41. The first-order valence-corrected chi connectivity index (χ1v) is 9.31. The SMILES string of the molecule is O=C(Cc1c(Cl)cccc1Cl)N1CCN(C(=O)C2CCCC2)CC1. The van der Waals surface area contributed by atoms with Gasteiger partial charge in [-0.3, -0.25) is 9.59 Å². The number of rotatable bonds is 3. The topological polar surface area (TPSA) is 40.6 Å². The maximum absolute atomic E-state index is 12.5. The van der Waals surface area contributed by atoms with Crippen LogP contribution in [-0.2, 0) is 16.0 Å². The summed E-state index contributed by atoms with van der Waals surface area (Å²) >= 11 is 12.3. The van der Waals surface area contributed by atoms with E-state index in [-0.39, 0.29) is 24.2 Å². The van der Waals surface area contributed by atoms with Gasteiger partial charge in [-0.1, -0.05) is 42.1 Å². The Kier molecular flexibility index (Phi) is 5.67. The van der Waals surface area contributed by atoms with Gasteiger partial charge in [0.15, 0.2) is 0 Å². The lowest BCUT2D eigenvalue weighted by atomic mass is 10.1. The first-order valence-electron chi connectivity index (χ1n) is 8.55. The lowest BCUT2D eigenvalue weighted by molar-refractivity contribution is -0.141. The van der Waals surface area contributed by atoms with E-state index >= 15 is 0 Å². The molecule has 0 aromatic heterocycles. The average Bonchev–Trinajstić information content (AvgIpc) is 3.12. The molecular weight excluding hydrogens is 347 g/mol. The normalized spacial score (nSPS) is 18.9. The van der Waals surface area contributed by atoms with Crippen molar-refractivity contribution in [3.8, 4) is 0 Å². The van der Waals surface area contributed by atoms with Gasteiger partial charge in [-0.25, -0.2) is 0 Å². The van der Waals surface area contributed by atoms with Crippen molar-refractivity contribution in [2.45, 2.75) is 32.1 Å². The molecule has 2 amide bonds. The number of carbonyl (C=O) groups is 2. The van der Waals surface area contributed by atoms with E-state index in [9.17, 15) is 9.59 Å². The standard InChI is InChI=1S/C18H22Cl2N2O2/c19-15-6-3-7-16(20)14(15)12-17(23)21-8-10-22(11-9-21)18(24)13-4-1-2-5-13/h3,6-7,13H,1-2,4-5,8-12H2. The Morgan fingerprint density at radius 3 is 2.08 bits per heavy atom. The highest BCUT2D eigenvalue weighted by molar-refractivity contribution is 6.36. The Morgan fingerprint density at radius 2 is 1.50 bits per heavy atom. The molecule has 0 spiro atoms. The van der Waals surface area contributed by atoms with E-state index in [0.29, 0.717) is 41.8 Å². The molecule has 2 aliphatic rings. The van der Waals surface area contributed by atoms with Crippen LogP contribution in [0, 0.1) is 5.92 Å². The summed E-state index contributed by atoms with van der Waals surface area (Å²) in [6.07, 6.45) is 4.56. The maximum atomic E-state index is 12.5. The summed E-state index contributed by atoms with van der Waals surface area (Å²) in [5.74, 6) is 0.487. The second-order valence-corrected chi connectivity index (χ2v) is 7.38. The molecule has 2 fully saturated rings. The van der Waals surface area contributed by atoms with Crippen LogP contribution in [0.5, 0.6) is 0 Å². The van der Waals surface area contributed by atoms with Crippen molar-refractivity contribution < 1.29 is 9.59 Å². The minimum atomic E-state index is 0.0120. The molecule has 1 aliphatic heterocycles. The second kappa shape index (κ2) is 7.75. The highest BCUT2D eigenvalue weighted by atomic mass is 35.5. The summed E-state index contributed by atoms with van der Waals surface area (Å²) in [4.78, 5) is 28.7. The smallest absolute Gasteiger partial charge is 0.227 e. The number of piperazine rings is 1. The van der Waals surface area contributed by atoms with Crippen LogP contribution in [0.4, 0.5) is 0 Å². The first kappa shape index (κ1) is 17.6. The summed E-state index contributed by atoms with van der Waals surface area (Å²) in [7, 11) is 0. The molecule has 1 heterocycles. The number of carbonyl (C=O) groups excluding carboxylic acids is 2. The molecule has 0 N–H and O–H groups in total. The van der Waals surface area contributed by atoms with Gasteiger partial charge in [-0.2, -0.15) is 0 Å². The molecule has 0 atom stereocenters. The fourth-order valence-electron chi connectivity index (χ4n) is 3.57. The molecule has 130 valence electrons. The van der Waals surface area contributed by atoms with Gasteiger partial charge in [0.25, 0.3) is 0 Å². The van der Waals surface area contributed by atoms with Crippen molar-refractivity contribution >= 4 is 35.0 Å². The van der Waals surface area contributed by atoms with Crippen molar-refractivity contribution in [3.05, 3.63) is 33.8 Å². The monoisotopic (exact) mass is 368 g/mol. The van der Waals surface area contributed by atoms with E-state index < -0.39 is 0 Å². The Hall–Kier alpha value is -1.26. The van der Waals surface area contributed by atoms with Crippen LogP contribution >= 0.6 is 23.2 Å². The van der Waals surface area contributed by atoms with Gasteiger partial charge in [0.1, 0.15) is 0 Å². The van der Waals surface area contributed by atoms with Gasteiger partial charge >= 0.3 is 0 Å². The van der Waals surface area contributed by atoms with Crippen molar-refractivity contribution in [2.75, 3.05) is 26.2 Å². The summed E-state index contributed by atoms with van der Waals surface area (Å²) < 4.78 is 0. The third-order valence-corrected chi connectivity index (χ3v) is 5.75. The molecular formula is C18H22Cl2N2O2. The van der Waals surface area contributed by atoms with Gasteiger partial charge in [0, 0.05) is 42.1 Å². The Labute approximate surface area is 152 Å². The Balaban J connectivity index is 1.54. The Bertz CT molecular complexity index is 601. The minimum absolute atomic E-state index is 0.0120. The van der Waals surface area contributed by atoms with Gasteiger partial charge in [0.05, 0.1) is 6.42 Å². The van der Waals surface area contributed by atoms with Crippen molar-refractivity contribution in [1.82, 2.24) is 9.80 Å².